The van der Waals surface area contributed by atoms with Crippen molar-refractivity contribution in [2.45, 2.75) is 19.4 Å². The van der Waals surface area contributed by atoms with E-state index >= 15 is 0 Å². The van der Waals surface area contributed by atoms with E-state index in [0.717, 1.165) is 5.56 Å². The van der Waals surface area contributed by atoms with Gasteiger partial charge in [0.2, 0.25) is 5.91 Å². The number of aryl methyl sites for hydroxylation is 1. The topological polar surface area (TPSA) is 122 Å². The summed E-state index contributed by atoms with van der Waals surface area (Å²) < 4.78 is 0. The van der Waals surface area contributed by atoms with Gasteiger partial charge in [-0.1, -0.05) is 6.07 Å². The summed E-state index contributed by atoms with van der Waals surface area (Å²) in [6.07, 6.45) is -0.458. The van der Waals surface area contributed by atoms with Gasteiger partial charge in [-0.15, -0.1) is 0 Å². The van der Waals surface area contributed by atoms with Crippen molar-refractivity contribution in [3.05, 3.63) is 29.3 Å². The Morgan fingerprint density at radius 2 is 2.00 bits per heavy atom. The summed E-state index contributed by atoms with van der Waals surface area (Å²) in [5, 5.41) is 13.6. The monoisotopic (exact) mass is 279 g/mol. The standard InChI is InChI=1S/C13H17N3O4/c1-7-3-4-8(12(19)15-2)5-10(7)16-13(20)9(14)6-11(17)18/h3-5,9H,6,14H2,1-2H3,(H,15,19)(H,16,20)(H,17,18). The van der Waals surface area contributed by atoms with Gasteiger partial charge in [-0.2, -0.15) is 0 Å². The number of rotatable bonds is 5. The summed E-state index contributed by atoms with van der Waals surface area (Å²) >= 11 is 0. The van der Waals surface area contributed by atoms with Crippen LogP contribution in [0, 0.1) is 6.92 Å². The van der Waals surface area contributed by atoms with Gasteiger partial charge >= 0.3 is 5.97 Å². The summed E-state index contributed by atoms with van der Waals surface area (Å²) in [4.78, 5) is 33.8. The molecular weight excluding hydrogens is 262 g/mol. The van der Waals surface area contributed by atoms with Crippen LogP contribution in [0.2, 0.25) is 0 Å². The number of carboxylic acids is 1. The Hall–Kier alpha value is -2.41. The van der Waals surface area contributed by atoms with Gasteiger partial charge < -0.3 is 21.5 Å². The molecule has 7 heteroatoms. The predicted octanol–water partition coefficient (Wildman–Crippen LogP) is 0.0951. The van der Waals surface area contributed by atoms with E-state index in [0.29, 0.717) is 11.3 Å². The van der Waals surface area contributed by atoms with E-state index < -0.39 is 24.3 Å². The lowest BCUT2D eigenvalue weighted by atomic mass is 10.1. The van der Waals surface area contributed by atoms with Crippen LogP contribution in [0.4, 0.5) is 5.69 Å². The van der Waals surface area contributed by atoms with Crippen LogP contribution in [0.25, 0.3) is 0 Å². The maximum atomic E-state index is 11.8. The van der Waals surface area contributed by atoms with Crippen molar-refractivity contribution in [2.24, 2.45) is 5.73 Å². The number of hydrogen-bond donors (Lipinski definition) is 4. The fourth-order valence-electron chi connectivity index (χ4n) is 1.55. The summed E-state index contributed by atoms with van der Waals surface area (Å²) in [6, 6.07) is 3.68. The lowest BCUT2D eigenvalue weighted by molar-refractivity contribution is -0.138. The molecule has 0 aromatic heterocycles. The molecular formula is C13H17N3O4. The van der Waals surface area contributed by atoms with Crippen molar-refractivity contribution in [1.82, 2.24) is 5.32 Å². The molecule has 0 spiro atoms. The zero-order valence-electron chi connectivity index (χ0n) is 11.3. The van der Waals surface area contributed by atoms with Crippen LogP contribution in [0.5, 0.6) is 0 Å². The van der Waals surface area contributed by atoms with Crippen molar-refractivity contribution in [3.8, 4) is 0 Å². The van der Waals surface area contributed by atoms with Crippen LogP contribution < -0.4 is 16.4 Å². The van der Waals surface area contributed by atoms with Crippen LogP contribution in [0.15, 0.2) is 18.2 Å². The normalized spacial score (nSPS) is 11.6. The van der Waals surface area contributed by atoms with E-state index in [1.165, 1.54) is 13.1 Å². The Kier molecular flexibility index (Phi) is 5.22. The number of aliphatic carboxylic acids is 1. The minimum absolute atomic E-state index is 0.282. The molecule has 0 radical (unpaired) electrons. The maximum absolute atomic E-state index is 11.8. The second kappa shape index (κ2) is 6.67. The van der Waals surface area contributed by atoms with Crippen molar-refractivity contribution in [3.63, 3.8) is 0 Å². The van der Waals surface area contributed by atoms with E-state index in [4.69, 9.17) is 10.8 Å². The zero-order chi connectivity index (χ0) is 15.3. The quantitative estimate of drug-likeness (QED) is 0.608. The molecule has 20 heavy (non-hydrogen) atoms. The number of carbonyl (C=O) groups is 3. The van der Waals surface area contributed by atoms with E-state index in [1.54, 1.807) is 19.1 Å². The Morgan fingerprint density at radius 1 is 1.35 bits per heavy atom. The number of amides is 2. The van der Waals surface area contributed by atoms with Crippen molar-refractivity contribution in [2.75, 3.05) is 12.4 Å². The Labute approximate surface area is 116 Å². The SMILES string of the molecule is CNC(=O)c1ccc(C)c(NC(=O)C(N)CC(=O)O)c1. The highest BCUT2D eigenvalue weighted by atomic mass is 16.4. The summed E-state index contributed by atoms with van der Waals surface area (Å²) in [5.74, 6) is -2.04. The van der Waals surface area contributed by atoms with Gasteiger partial charge in [0.05, 0.1) is 12.5 Å². The van der Waals surface area contributed by atoms with Crippen molar-refractivity contribution < 1.29 is 19.5 Å². The lowest BCUT2D eigenvalue weighted by Crippen LogP contribution is -2.37. The molecule has 0 saturated heterocycles. The smallest absolute Gasteiger partial charge is 0.305 e. The number of carbonyl (C=O) groups excluding carboxylic acids is 2. The maximum Gasteiger partial charge on any atom is 0.305 e. The minimum Gasteiger partial charge on any atom is -0.481 e. The van der Waals surface area contributed by atoms with Gasteiger partial charge in [0.15, 0.2) is 0 Å². The highest BCUT2D eigenvalue weighted by molar-refractivity contribution is 5.99. The average molecular weight is 279 g/mol. The van der Waals surface area contributed by atoms with Crippen LogP contribution in [0.3, 0.4) is 0 Å². The van der Waals surface area contributed by atoms with Crippen molar-refractivity contribution in [1.29, 1.82) is 0 Å². The molecule has 0 aliphatic rings. The Balaban J connectivity index is 2.88. The largest absolute Gasteiger partial charge is 0.481 e. The molecule has 1 atom stereocenters. The second-order valence-electron chi connectivity index (χ2n) is 4.30. The first-order chi connectivity index (χ1) is 9.35. The van der Waals surface area contributed by atoms with E-state index in [9.17, 15) is 14.4 Å². The number of benzene rings is 1. The van der Waals surface area contributed by atoms with E-state index in [2.05, 4.69) is 10.6 Å². The molecule has 0 aliphatic heterocycles. The second-order valence-corrected chi connectivity index (χ2v) is 4.30. The fraction of sp³-hybridized carbons (Fsp3) is 0.308. The molecule has 2 amide bonds. The van der Waals surface area contributed by atoms with Crippen LogP contribution in [-0.4, -0.2) is 36.0 Å². The third-order valence-electron chi connectivity index (χ3n) is 2.72. The third kappa shape index (κ3) is 4.06. The highest BCUT2D eigenvalue weighted by Gasteiger charge is 2.18. The molecule has 0 bridgehead atoms. The molecule has 7 nitrogen and oxygen atoms in total. The van der Waals surface area contributed by atoms with E-state index in [-0.39, 0.29) is 5.91 Å². The molecule has 1 rings (SSSR count). The molecule has 108 valence electrons. The lowest BCUT2D eigenvalue weighted by Gasteiger charge is -2.13. The van der Waals surface area contributed by atoms with Gasteiger partial charge in [0.25, 0.3) is 5.91 Å². The zero-order valence-corrected chi connectivity index (χ0v) is 11.3. The fourth-order valence-corrected chi connectivity index (χ4v) is 1.55. The molecule has 1 unspecified atom stereocenters. The van der Waals surface area contributed by atoms with Gasteiger partial charge in [-0.05, 0) is 24.6 Å². The molecule has 5 N–H and O–H groups in total. The third-order valence-corrected chi connectivity index (χ3v) is 2.72. The van der Waals surface area contributed by atoms with Crippen LogP contribution in [-0.2, 0) is 9.59 Å². The molecule has 0 aliphatic carbocycles. The first-order valence-corrected chi connectivity index (χ1v) is 5.96. The number of hydrogen-bond acceptors (Lipinski definition) is 4. The first kappa shape index (κ1) is 15.6. The number of nitrogens with two attached hydrogens (primary N) is 1. The van der Waals surface area contributed by atoms with Gasteiger partial charge in [-0.3, -0.25) is 14.4 Å². The molecule has 0 fully saturated rings. The van der Waals surface area contributed by atoms with Crippen LogP contribution >= 0.6 is 0 Å². The first-order valence-electron chi connectivity index (χ1n) is 5.96. The number of carboxylic acid groups (broad SMARTS) is 1. The van der Waals surface area contributed by atoms with Crippen LogP contribution in [0.1, 0.15) is 22.3 Å². The van der Waals surface area contributed by atoms with Gasteiger partial charge in [-0.25, -0.2) is 0 Å². The molecule has 0 heterocycles. The summed E-state index contributed by atoms with van der Waals surface area (Å²) in [5.41, 5.74) is 7.03. The van der Waals surface area contributed by atoms with Gasteiger partial charge in [0, 0.05) is 18.3 Å². The van der Waals surface area contributed by atoms with Gasteiger partial charge in [0.1, 0.15) is 0 Å². The van der Waals surface area contributed by atoms with E-state index in [1.807, 2.05) is 0 Å². The predicted molar refractivity (Wildman–Crippen MR) is 73.4 cm³/mol. The Morgan fingerprint density at radius 3 is 2.55 bits per heavy atom. The number of anilines is 1. The minimum atomic E-state index is -1.15. The van der Waals surface area contributed by atoms with Crippen molar-refractivity contribution >= 4 is 23.5 Å². The highest BCUT2D eigenvalue weighted by Crippen LogP contribution is 2.17. The average Bonchev–Trinajstić information content (AvgIpc) is 2.39. The molecule has 1 aromatic rings. The summed E-state index contributed by atoms with van der Waals surface area (Å²) in [6.45, 7) is 1.76. The summed E-state index contributed by atoms with van der Waals surface area (Å²) in [7, 11) is 1.50. The molecule has 0 saturated carbocycles. The number of nitrogens with one attached hydrogen (secondary N) is 2. The Bertz CT molecular complexity index is 542. The molecule has 1 aromatic carbocycles.